The van der Waals surface area contributed by atoms with Crippen LogP contribution in [0.3, 0.4) is 0 Å². The third-order valence-corrected chi connectivity index (χ3v) is 4.66. The largest absolute Gasteiger partial charge is 0.391 e. The first kappa shape index (κ1) is 16.4. The second-order valence-corrected chi connectivity index (χ2v) is 6.59. The van der Waals surface area contributed by atoms with Crippen LogP contribution in [0.4, 0.5) is 24.7 Å². The lowest BCUT2D eigenvalue weighted by Crippen LogP contribution is -2.46. The van der Waals surface area contributed by atoms with Crippen LogP contribution in [0.25, 0.3) is 0 Å². The summed E-state index contributed by atoms with van der Waals surface area (Å²) in [5.41, 5.74) is 0.724. The fourth-order valence-corrected chi connectivity index (χ4v) is 3.27. The number of ketones is 1. The van der Waals surface area contributed by atoms with Crippen LogP contribution in [-0.2, 0) is 0 Å². The second-order valence-electron chi connectivity index (χ2n) is 6.19. The van der Waals surface area contributed by atoms with Crippen molar-refractivity contribution in [1.29, 1.82) is 0 Å². The molecule has 3 rings (SSSR count). The molecule has 3 heterocycles. The molecular formula is C15H17ClF3N3O. The Morgan fingerprint density at radius 2 is 2.30 bits per heavy atom. The summed E-state index contributed by atoms with van der Waals surface area (Å²) < 4.78 is 37.9. The molecule has 2 aliphatic rings. The third-order valence-electron chi connectivity index (χ3n) is 4.37. The predicted octanol–water partition coefficient (Wildman–Crippen LogP) is 3.90. The minimum absolute atomic E-state index is 0.0878. The first-order valence-corrected chi connectivity index (χ1v) is 7.95. The van der Waals surface area contributed by atoms with Gasteiger partial charge in [-0.1, -0.05) is 18.5 Å². The number of anilines is 2. The first-order valence-electron chi connectivity index (χ1n) is 7.57. The van der Waals surface area contributed by atoms with Crippen LogP contribution in [0.1, 0.15) is 36.7 Å². The van der Waals surface area contributed by atoms with Crippen LogP contribution in [0.15, 0.2) is 6.07 Å². The van der Waals surface area contributed by atoms with Crippen molar-refractivity contribution in [3.8, 4) is 0 Å². The van der Waals surface area contributed by atoms with Crippen LogP contribution in [-0.4, -0.2) is 36.1 Å². The van der Waals surface area contributed by atoms with Gasteiger partial charge in [-0.2, -0.15) is 13.2 Å². The molecule has 8 heteroatoms. The highest BCUT2D eigenvalue weighted by Crippen LogP contribution is 2.37. The van der Waals surface area contributed by atoms with E-state index in [-0.39, 0.29) is 16.8 Å². The Morgan fingerprint density at radius 1 is 1.57 bits per heavy atom. The summed E-state index contributed by atoms with van der Waals surface area (Å²) in [5, 5.41) is 3.35. The maximum Gasteiger partial charge on any atom is 0.391 e. The Hall–Kier alpha value is -1.50. The molecule has 0 aliphatic carbocycles. The van der Waals surface area contributed by atoms with E-state index < -0.39 is 24.3 Å². The molecule has 1 fully saturated rings. The van der Waals surface area contributed by atoms with Gasteiger partial charge in [0.2, 0.25) is 0 Å². The Kier molecular flexibility index (Phi) is 4.16. The van der Waals surface area contributed by atoms with Gasteiger partial charge in [-0.05, 0) is 18.9 Å². The number of alkyl halides is 3. The number of hydrogen-bond donors (Lipinski definition) is 1. The lowest BCUT2D eigenvalue weighted by Gasteiger charge is -2.40. The molecular weight excluding hydrogens is 331 g/mol. The summed E-state index contributed by atoms with van der Waals surface area (Å²) in [6.07, 6.45) is -2.99. The van der Waals surface area contributed by atoms with E-state index in [9.17, 15) is 18.0 Å². The van der Waals surface area contributed by atoms with Gasteiger partial charge in [0.15, 0.2) is 11.6 Å². The number of carbonyl (C=O) groups is 1. The number of pyridine rings is 1. The number of aromatic nitrogens is 1. The molecule has 1 aromatic rings. The van der Waals surface area contributed by atoms with Gasteiger partial charge in [0, 0.05) is 25.6 Å². The van der Waals surface area contributed by atoms with Crippen molar-refractivity contribution in [2.24, 2.45) is 5.92 Å². The van der Waals surface area contributed by atoms with Gasteiger partial charge in [-0.25, -0.2) is 4.98 Å². The Bertz CT molecular complexity index is 635. The molecule has 1 aromatic heterocycles. The molecule has 1 N–H and O–H groups in total. The third kappa shape index (κ3) is 3.24. The van der Waals surface area contributed by atoms with E-state index in [1.165, 1.54) is 0 Å². The maximum atomic E-state index is 12.6. The SMILES string of the molecule is C[C@@H](CC(=O)c1nc2c(cc1Cl)N1CCC[C@@H](C1)N2)C(F)(F)F. The number of Topliss-reactive ketones (excluding diaryl/α,β-unsaturated/α-hetero) is 1. The zero-order valence-electron chi connectivity index (χ0n) is 12.6. The van der Waals surface area contributed by atoms with Crippen molar-refractivity contribution in [3.05, 3.63) is 16.8 Å². The fraction of sp³-hybridized carbons (Fsp3) is 0.600. The number of hydrogen-bond acceptors (Lipinski definition) is 4. The Labute approximate surface area is 137 Å². The van der Waals surface area contributed by atoms with Crippen LogP contribution in [0.2, 0.25) is 5.02 Å². The van der Waals surface area contributed by atoms with Crippen molar-refractivity contribution in [2.45, 2.75) is 38.4 Å². The standard InChI is InChI=1S/C15H17ClF3N3O/c1-8(15(17,18)19)5-12(23)13-10(16)6-11-14(21-13)20-9-3-2-4-22(11)7-9/h6,8-9H,2-5,7H2,1H3,(H,20,21)/t8-,9-/m0/s1. The van der Waals surface area contributed by atoms with E-state index >= 15 is 0 Å². The average molecular weight is 348 g/mol. The molecule has 0 saturated carbocycles. The monoisotopic (exact) mass is 347 g/mol. The predicted molar refractivity (Wildman–Crippen MR) is 82.3 cm³/mol. The summed E-state index contributed by atoms with van der Waals surface area (Å²) in [4.78, 5) is 18.5. The highest BCUT2D eigenvalue weighted by Gasteiger charge is 2.38. The van der Waals surface area contributed by atoms with Crippen molar-refractivity contribution in [2.75, 3.05) is 23.3 Å². The van der Waals surface area contributed by atoms with Crippen molar-refractivity contribution >= 4 is 28.9 Å². The first-order chi connectivity index (χ1) is 10.8. The zero-order valence-corrected chi connectivity index (χ0v) is 13.3. The van der Waals surface area contributed by atoms with Crippen LogP contribution in [0.5, 0.6) is 0 Å². The van der Waals surface area contributed by atoms with E-state index in [2.05, 4.69) is 15.2 Å². The Balaban J connectivity index is 1.87. The molecule has 2 bridgehead atoms. The minimum atomic E-state index is -4.41. The number of rotatable bonds is 3. The fourth-order valence-electron chi connectivity index (χ4n) is 3.02. The van der Waals surface area contributed by atoms with E-state index in [0.717, 1.165) is 38.5 Å². The smallest absolute Gasteiger partial charge is 0.366 e. The topological polar surface area (TPSA) is 45.2 Å². The highest BCUT2D eigenvalue weighted by atomic mass is 35.5. The number of nitrogens with zero attached hydrogens (tertiary/aromatic N) is 2. The number of halogens is 4. The van der Waals surface area contributed by atoms with Gasteiger partial charge in [0.05, 0.1) is 16.6 Å². The number of fused-ring (bicyclic) bond motifs is 4. The molecule has 4 nitrogen and oxygen atoms in total. The van der Waals surface area contributed by atoms with E-state index in [1.807, 2.05) is 0 Å². The van der Waals surface area contributed by atoms with Gasteiger partial charge in [-0.3, -0.25) is 4.79 Å². The van der Waals surface area contributed by atoms with Gasteiger partial charge >= 0.3 is 6.18 Å². The summed E-state index contributed by atoms with van der Waals surface area (Å²) in [7, 11) is 0. The molecule has 0 radical (unpaired) electrons. The van der Waals surface area contributed by atoms with Crippen LogP contribution < -0.4 is 10.2 Å². The molecule has 2 atom stereocenters. The van der Waals surface area contributed by atoms with Gasteiger partial charge in [0.1, 0.15) is 5.69 Å². The summed E-state index contributed by atoms with van der Waals surface area (Å²) >= 11 is 6.11. The van der Waals surface area contributed by atoms with Gasteiger partial charge in [-0.15, -0.1) is 0 Å². The number of piperidine rings is 1. The van der Waals surface area contributed by atoms with E-state index in [4.69, 9.17) is 11.6 Å². The van der Waals surface area contributed by atoms with E-state index in [1.54, 1.807) is 6.07 Å². The molecule has 0 aromatic carbocycles. The molecule has 0 unspecified atom stereocenters. The molecule has 0 spiro atoms. The summed E-state index contributed by atoms with van der Waals surface area (Å²) in [6.45, 7) is 2.73. The molecule has 0 amide bonds. The summed E-state index contributed by atoms with van der Waals surface area (Å²) in [6, 6.07) is 1.88. The maximum absolute atomic E-state index is 12.6. The number of nitrogens with one attached hydrogen (secondary N) is 1. The molecule has 1 saturated heterocycles. The van der Waals surface area contributed by atoms with Crippen LogP contribution >= 0.6 is 11.6 Å². The lowest BCUT2D eigenvalue weighted by molar-refractivity contribution is -0.168. The second kappa shape index (κ2) is 5.85. The normalized spacial score (nSPS) is 21.4. The average Bonchev–Trinajstić information content (AvgIpc) is 2.47. The minimum Gasteiger partial charge on any atom is -0.366 e. The number of carbonyl (C=O) groups excluding carboxylic acids is 1. The molecule has 126 valence electrons. The van der Waals surface area contributed by atoms with Crippen LogP contribution in [0, 0.1) is 5.92 Å². The van der Waals surface area contributed by atoms with Crippen molar-refractivity contribution in [1.82, 2.24) is 4.98 Å². The highest BCUT2D eigenvalue weighted by molar-refractivity contribution is 6.34. The zero-order chi connectivity index (χ0) is 16.8. The van der Waals surface area contributed by atoms with Gasteiger partial charge < -0.3 is 10.2 Å². The van der Waals surface area contributed by atoms with Gasteiger partial charge in [0.25, 0.3) is 0 Å². The van der Waals surface area contributed by atoms with E-state index in [0.29, 0.717) is 5.82 Å². The Morgan fingerprint density at radius 3 is 3.00 bits per heavy atom. The molecule has 23 heavy (non-hydrogen) atoms. The summed E-state index contributed by atoms with van der Waals surface area (Å²) in [5.74, 6) is -1.87. The van der Waals surface area contributed by atoms with Crippen molar-refractivity contribution < 1.29 is 18.0 Å². The quantitative estimate of drug-likeness (QED) is 0.842. The van der Waals surface area contributed by atoms with Crippen molar-refractivity contribution in [3.63, 3.8) is 0 Å². The molecule has 2 aliphatic heterocycles. The lowest BCUT2D eigenvalue weighted by atomic mass is 10.00.